The predicted molar refractivity (Wildman–Crippen MR) is 103 cm³/mol. The fourth-order valence-electron chi connectivity index (χ4n) is 3.51. The maximum absolute atomic E-state index is 11.1. The molecular formula is C22H27NO3. The van der Waals surface area contributed by atoms with Gasteiger partial charge in [-0.25, -0.2) is 0 Å². The Morgan fingerprint density at radius 3 is 2.58 bits per heavy atom. The van der Waals surface area contributed by atoms with E-state index in [0.29, 0.717) is 13.2 Å². The molecule has 0 spiro atoms. The molecule has 2 aromatic rings. The minimum atomic E-state index is 0.000292. The zero-order chi connectivity index (χ0) is 18.7. The molecule has 1 heterocycles. The van der Waals surface area contributed by atoms with Crippen LogP contribution in [-0.2, 0) is 17.8 Å². The smallest absolute Gasteiger partial charge is 0.216 e. The van der Waals surface area contributed by atoms with Crippen LogP contribution in [-0.4, -0.2) is 18.6 Å². The Balaban J connectivity index is 1.76. The zero-order valence-corrected chi connectivity index (χ0v) is 16.0. The van der Waals surface area contributed by atoms with Crippen molar-refractivity contribution in [1.29, 1.82) is 0 Å². The number of hydrogen-bond donors (Lipinski definition) is 1. The standard InChI is InChI=1S/C22H27NO3/c1-14-15(2)22-20(12-19(26-22)10-11-23-17(4)24)16(3)21(14)25-13-18-8-6-5-7-9-18/h5-9,19H,10-13H2,1-4H3,(H,23,24). The Morgan fingerprint density at radius 2 is 1.88 bits per heavy atom. The highest BCUT2D eigenvalue weighted by Crippen LogP contribution is 2.43. The molecule has 26 heavy (non-hydrogen) atoms. The summed E-state index contributed by atoms with van der Waals surface area (Å²) in [6.45, 7) is 9.05. The lowest BCUT2D eigenvalue weighted by molar-refractivity contribution is -0.119. The normalized spacial score (nSPS) is 15.3. The quantitative estimate of drug-likeness (QED) is 0.853. The van der Waals surface area contributed by atoms with Crippen LogP contribution in [0.3, 0.4) is 0 Å². The second kappa shape index (κ2) is 7.81. The summed E-state index contributed by atoms with van der Waals surface area (Å²) in [6, 6.07) is 10.2. The van der Waals surface area contributed by atoms with E-state index in [4.69, 9.17) is 9.47 Å². The largest absolute Gasteiger partial charge is 0.489 e. The lowest BCUT2D eigenvalue weighted by Gasteiger charge is -2.18. The average molecular weight is 353 g/mol. The molecular weight excluding hydrogens is 326 g/mol. The molecule has 4 heteroatoms. The van der Waals surface area contributed by atoms with Crippen molar-refractivity contribution >= 4 is 5.91 Å². The molecule has 1 aliphatic rings. The van der Waals surface area contributed by atoms with Gasteiger partial charge in [-0.15, -0.1) is 0 Å². The van der Waals surface area contributed by atoms with Crippen LogP contribution < -0.4 is 14.8 Å². The number of fused-ring (bicyclic) bond motifs is 1. The highest BCUT2D eigenvalue weighted by atomic mass is 16.5. The summed E-state index contributed by atoms with van der Waals surface area (Å²) in [5.74, 6) is 1.97. The molecule has 1 atom stereocenters. The molecule has 2 aromatic carbocycles. The summed E-state index contributed by atoms with van der Waals surface area (Å²) >= 11 is 0. The molecule has 1 unspecified atom stereocenters. The summed E-state index contributed by atoms with van der Waals surface area (Å²) in [5.41, 5.74) is 5.86. The van der Waals surface area contributed by atoms with E-state index in [1.54, 1.807) is 0 Å². The van der Waals surface area contributed by atoms with Crippen molar-refractivity contribution in [2.45, 2.75) is 53.2 Å². The number of nitrogens with one attached hydrogen (secondary N) is 1. The Labute approximate surface area is 155 Å². The SMILES string of the molecule is CC(=O)NCCC1Cc2c(C)c(OCc3ccccc3)c(C)c(C)c2O1. The maximum Gasteiger partial charge on any atom is 0.216 e. The van der Waals surface area contributed by atoms with Gasteiger partial charge in [0.1, 0.15) is 24.2 Å². The van der Waals surface area contributed by atoms with Crippen molar-refractivity contribution in [1.82, 2.24) is 5.32 Å². The molecule has 138 valence electrons. The van der Waals surface area contributed by atoms with Crippen LogP contribution in [0.15, 0.2) is 30.3 Å². The third kappa shape index (κ3) is 3.85. The summed E-state index contributed by atoms with van der Waals surface area (Å²) in [6.07, 6.45) is 1.79. The average Bonchev–Trinajstić information content (AvgIpc) is 3.05. The molecule has 0 fully saturated rings. The number of rotatable bonds is 6. The van der Waals surface area contributed by atoms with Gasteiger partial charge in [-0.05, 0) is 43.0 Å². The van der Waals surface area contributed by atoms with Crippen molar-refractivity contribution in [2.24, 2.45) is 0 Å². The molecule has 0 bridgehead atoms. The number of benzene rings is 2. The van der Waals surface area contributed by atoms with Gasteiger partial charge in [0.25, 0.3) is 0 Å². The molecule has 1 aliphatic heterocycles. The molecule has 4 nitrogen and oxygen atoms in total. The van der Waals surface area contributed by atoms with Crippen molar-refractivity contribution in [3.8, 4) is 11.5 Å². The van der Waals surface area contributed by atoms with E-state index >= 15 is 0 Å². The predicted octanol–water partition coefficient (Wildman–Crippen LogP) is 4.02. The minimum Gasteiger partial charge on any atom is -0.489 e. The number of carbonyl (C=O) groups excluding carboxylic acids is 1. The van der Waals surface area contributed by atoms with E-state index in [0.717, 1.165) is 41.0 Å². The van der Waals surface area contributed by atoms with Crippen LogP contribution in [0.2, 0.25) is 0 Å². The highest BCUT2D eigenvalue weighted by Gasteiger charge is 2.29. The second-order valence-corrected chi connectivity index (χ2v) is 7.00. The lowest BCUT2D eigenvalue weighted by atomic mass is 9.95. The number of hydrogen-bond acceptors (Lipinski definition) is 3. The second-order valence-electron chi connectivity index (χ2n) is 7.00. The summed E-state index contributed by atoms with van der Waals surface area (Å²) in [7, 11) is 0. The first-order chi connectivity index (χ1) is 12.5. The Bertz CT molecular complexity index is 799. The lowest BCUT2D eigenvalue weighted by Crippen LogP contribution is -2.26. The number of amides is 1. The van der Waals surface area contributed by atoms with Crippen LogP contribution in [0.25, 0.3) is 0 Å². The molecule has 0 radical (unpaired) electrons. The van der Waals surface area contributed by atoms with E-state index in [1.165, 1.54) is 18.1 Å². The van der Waals surface area contributed by atoms with Crippen molar-refractivity contribution in [3.63, 3.8) is 0 Å². The van der Waals surface area contributed by atoms with Gasteiger partial charge in [-0.3, -0.25) is 4.79 Å². The van der Waals surface area contributed by atoms with Gasteiger partial charge >= 0.3 is 0 Å². The van der Waals surface area contributed by atoms with E-state index in [9.17, 15) is 4.79 Å². The maximum atomic E-state index is 11.1. The van der Waals surface area contributed by atoms with E-state index in [1.807, 2.05) is 18.2 Å². The van der Waals surface area contributed by atoms with E-state index < -0.39 is 0 Å². The van der Waals surface area contributed by atoms with Crippen LogP contribution in [0.5, 0.6) is 11.5 Å². The minimum absolute atomic E-state index is 0.000292. The van der Waals surface area contributed by atoms with Crippen LogP contribution >= 0.6 is 0 Å². The van der Waals surface area contributed by atoms with Gasteiger partial charge in [-0.2, -0.15) is 0 Å². The fraction of sp³-hybridized carbons (Fsp3) is 0.409. The zero-order valence-electron chi connectivity index (χ0n) is 16.0. The van der Waals surface area contributed by atoms with Crippen LogP contribution in [0, 0.1) is 20.8 Å². The van der Waals surface area contributed by atoms with Crippen LogP contribution in [0.1, 0.15) is 41.2 Å². The third-order valence-corrected chi connectivity index (χ3v) is 5.09. The summed E-state index contributed by atoms with van der Waals surface area (Å²) < 4.78 is 12.4. The van der Waals surface area contributed by atoms with Gasteiger partial charge < -0.3 is 14.8 Å². The number of ether oxygens (including phenoxy) is 2. The van der Waals surface area contributed by atoms with E-state index in [2.05, 4.69) is 38.2 Å². The first-order valence-corrected chi connectivity index (χ1v) is 9.17. The Kier molecular flexibility index (Phi) is 5.50. The third-order valence-electron chi connectivity index (χ3n) is 5.09. The molecule has 0 aliphatic carbocycles. The Morgan fingerprint density at radius 1 is 1.15 bits per heavy atom. The molecule has 0 saturated carbocycles. The van der Waals surface area contributed by atoms with Gasteiger partial charge in [0.05, 0.1) is 0 Å². The monoisotopic (exact) mass is 353 g/mol. The molecule has 1 N–H and O–H groups in total. The van der Waals surface area contributed by atoms with Crippen molar-refractivity contribution in [2.75, 3.05) is 6.54 Å². The highest BCUT2D eigenvalue weighted by molar-refractivity contribution is 5.72. The van der Waals surface area contributed by atoms with Crippen molar-refractivity contribution < 1.29 is 14.3 Å². The van der Waals surface area contributed by atoms with Gasteiger partial charge in [-0.1, -0.05) is 30.3 Å². The van der Waals surface area contributed by atoms with Gasteiger partial charge in [0, 0.05) is 31.9 Å². The van der Waals surface area contributed by atoms with Crippen LogP contribution in [0.4, 0.5) is 0 Å². The van der Waals surface area contributed by atoms with Crippen molar-refractivity contribution in [3.05, 3.63) is 58.1 Å². The van der Waals surface area contributed by atoms with Gasteiger partial charge in [0.15, 0.2) is 0 Å². The first kappa shape index (κ1) is 18.3. The first-order valence-electron chi connectivity index (χ1n) is 9.17. The molecule has 1 amide bonds. The topological polar surface area (TPSA) is 47.6 Å². The molecule has 3 rings (SSSR count). The summed E-state index contributed by atoms with van der Waals surface area (Å²) in [4.78, 5) is 11.1. The molecule has 0 saturated heterocycles. The van der Waals surface area contributed by atoms with E-state index in [-0.39, 0.29) is 12.0 Å². The number of carbonyl (C=O) groups is 1. The Hall–Kier alpha value is -2.49. The van der Waals surface area contributed by atoms with Gasteiger partial charge in [0.2, 0.25) is 5.91 Å². The molecule has 0 aromatic heterocycles. The summed E-state index contributed by atoms with van der Waals surface area (Å²) in [5, 5.41) is 2.85. The fourth-order valence-corrected chi connectivity index (χ4v) is 3.51.